The molecule has 1 aliphatic carbocycles. The lowest BCUT2D eigenvalue weighted by Gasteiger charge is -2.30. The van der Waals surface area contributed by atoms with Crippen molar-refractivity contribution in [3.8, 4) is 0 Å². The number of hydrogen-bond acceptors (Lipinski definition) is 2. The number of rotatable bonds is 4. The summed E-state index contributed by atoms with van der Waals surface area (Å²) in [5.41, 5.74) is 0. The first-order valence-corrected chi connectivity index (χ1v) is 6.82. The average molecular weight is 254 g/mol. The molecule has 2 bridgehead atoms. The highest BCUT2D eigenvalue weighted by atomic mass is 16.4. The Morgan fingerprint density at radius 3 is 2.61 bits per heavy atom. The lowest BCUT2D eigenvalue weighted by molar-refractivity contribution is -0.140. The molecule has 2 aliphatic rings. The molecule has 0 aromatic carbocycles. The van der Waals surface area contributed by atoms with Crippen molar-refractivity contribution in [1.82, 2.24) is 10.2 Å². The van der Waals surface area contributed by atoms with Gasteiger partial charge in [-0.2, -0.15) is 0 Å². The Kier molecular flexibility index (Phi) is 3.78. The van der Waals surface area contributed by atoms with Crippen molar-refractivity contribution in [3.05, 3.63) is 0 Å². The van der Waals surface area contributed by atoms with Crippen LogP contribution in [0.2, 0.25) is 0 Å². The van der Waals surface area contributed by atoms with Crippen molar-refractivity contribution in [2.24, 2.45) is 11.8 Å². The second-order valence-corrected chi connectivity index (χ2v) is 5.64. The zero-order chi connectivity index (χ0) is 13.3. The Hall–Kier alpha value is -1.26. The van der Waals surface area contributed by atoms with E-state index >= 15 is 0 Å². The van der Waals surface area contributed by atoms with E-state index in [9.17, 15) is 9.59 Å². The molecule has 0 aromatic heterocycles. The minimum Gasteiger partial charge on any atom is -0.480 e. The number of fused-ring (bicyclic) bond motifs is 2. The fourth-order valence-corrected chi connectivity index (χ4v) is 3.07. The maximum absolute atomic E-state index is 12.1. The minimum atomic E-state index is -0.943. The van der Waals surface area contributed by atoms with Crippen LogP contribution in [0.5, 0.6) is 0 Å². The van der Waals surface area contributed by atoms with Crippen LogP contribution in [0.1, 0.15) is 39.5 Å². The van der Waals surface area contributed by atoms with Gasteiger partial charge >= 0.3 is 12.0 Å². The Labute approximate surface area is 108 Å². The van der Waals surface area contributed by atoms with Crippen molar-refractivity contribution in [2.75, 3.05) is 6.54 Å². The molecule has 1 saturated carbocycles. The van der Waals surface area contributed by atoms with Crippen LogP contribution in [0.15, 0.2) is 0 Å². The van der Waals surface area contributed by atoms with E-state index in [2.05, 4.69) is 5.32 Å². The van der Waals surface area contributed by atoms with Crippen LogP contribution in [0.25, 0.3) is 0 Å². The maximum atomic E-state index is 12.1. The van der Waals surface area contributed by atoms with Crippen LogP contribution in [0.4, 0.5) is 4.79 Å². The second-order valence-electron chi connectivity index (χ2n) is 5.64. The lowest BCUT2D eigenvalue weighted by atomic mass is 9.99. The Bertz CT molecular complexity index is 345. The molecular formula is C13H22N2O3. The number of hydrogen-bond donors (Lipinski definition) is 2. The van der Waals surface area contributed by atoms with Crippen LogP contribution < -0.4 is 5.32 Å². The number of carboxylic acids is 1. The Morgan fingerprint density at radius 1 is 1.44 bits per heavy atom. The molecule has 0 spiro atoms. The summed E-state index contributed by atoms with van der Waals surface area (Å²) in [6, 6.07) is -0.641. The first-order chi connectivity index (χ1) is 8.52. The number of aliphatic carboxylic acids is 1. The highest BCUT2D eigenvalue weighted by molar-refractivity contribution is 5.83. The van der Waals surface area contributed by atoms with Crippen LogP contribution >= 0.6 is 0 Å². The van der Waals surface area contributed by atoms with Crippen molar-refractivity contribution in [1.29, 1.82) is 0 Å². The molecule has 2 N–H and O–H groups in total. The van der Waals surface area contributed by atoms with Gasteiger partial charge in [-0.05, 0) is 31.1 Å². The second kappa shape index (κ2) is 5.16. The number of carbonyl (C=O) groups excluding carboxylic acids is 1. The van der Waals surface area contributed by atoms with E-state index in [1.165, 1.54) is 6.42 Å². The Balaban J connectivity index is 1.95. The van der Waals surface area contributed by atoms with Crippen molar-refractivity contribution >= 4 is 12.0 Å². The lowest BCUT2D eigenvalue weighted by Crippen LogP contribution is -2.52. The molecule has 4 atom stereocenters. The molecule has 102 valence electrons. The summed E-state index contributed by atoms with van der Waals surface area (Å²) in [5, 5.41) is 11.8. The summed E-state index contributed by atoms with van der Waals surface area (Å²) in [6.45, 7) is 4.59. The number of nitrogens with one attached hydrogen (secondary N) is 1. The third-order valence-corrected chi connectivity index (χ3v) is 4.43. The van der Waals surface area contributed by atoms with E-state index in [0.717, 1.165) is 25.8 Å². The van der Waals surface area contributed by atoms with Gasteiger partial charge in [-0.25, -0.2) is 9.59 Å². The smallest absolute Gasteiger partial charge is 0.326 e. The molecule has 5 heteroatoms. The van der Waals surface area contributed by atoms with Crippen molar-refractivity contribution in [2.45, 2.75) is 51.6 Å². The van der Waals surface area contributed by atoms with E-state index in [1.807, 2.05) is 18.7 Å². The monoisotopic (exact) mass is 254 g/mol. The normalized spacial score (nSPS) is 29.1. The van der Waals surface area contributed by atoms with Gasteiger partial charge in [-0.1, -0.05) is 20.3 Å². The molecule has 2 fully saturated rings. The predicted molar refractivity (Wildman–Crippen MR) is 67.2 cm³/mol. The number of piperidine rings is 1. The van der Waals surface area contributed by atoms with E-state index in [0.29, 0.717) is 12.0 Å². The van der Waals surface area contributed by atoms with Gasteiger partial charge in [0.05, 0.1) is 0 Å². The first-order valence-electron chi connectivity index (χ1n) is 6.82. The third kappa shape index (κ3) is 2.44. The molecule has 18 heavy (non-hydrogen) atoms. The van der Waals surface area contributed by atoms with E-state index in [-0.39, 0.29) is 11.9 Å². The van der Waals surface area contributed by atoms with Gasteiger partial charge in [0, 0.05) is 12.6 Å². The molecular weight excluding hydrogens is 232 g/mol. The highest BCUT2D eigenvalue weighted by Crippen LogP contribution is 2.37. The van der Waals surface area contributed by atoms with Crippen LogP contribution in [0.3, 0.4) is 0 Å². The zero-order valence-electron chi connectivity index (χ0n) is 11.1. The number of nitrogens with zero attached hydrogens (tertiary/aromatic N) is 1. The summed E-state index contributed by atoms with van der Waals surface area (Å²) in [6.07, 6.45) is 4.11. The van der Waals surface area contributed by atoms with Gasteiger partial charge in [0.25, 0.3) is 0 Å². The fourth-order valence-electron chi connectivity index (χ4n) is 3.07. The molecule has 0 aromatic rings. The average Bonchev–Trinajstić information content (AvgIpc) is 2.96. The topological polar surface area (TPSA) is 69.6 Å². The molecule has 0 radical (unpaired) electrons. The number of likely N-dealkylation sites (tertiary alicyclic amines) is 1. The van der Waals surface area contributed by atoms with Gasteiger partial charge in [0.15, 0.2) is 0 Å². The van der Waals surface area contributed by atoms with Crippen molar-refractivity contribution in [3.63, 3.8) is 0 Å². The van der Waals surface area contributed by atoms with Gasteiger partial charge in [0.1, 0.15) is 6.04 Å². The summed E-state index contributed by atoms with van der Waals surface area (Å²) in [4.78, 5) is 25.1. The number of urea groups is 1. The Morgan fingerprint density at radius 2 is 2.17 bits per heavy atom. The van der Waals surface area contributed by atoms with Crippen LogP contribution in [0, 0.1) is 11.8 Å². The zero-order valence-corrected chi connectivity index (χ0v) is 11.1. The number of carbonyl (C=O) groups is 2. The minimum absolute atomic E-state index is 0.0498. The predicted octanol–water partition coefficient (Wildman–Crippen LogP) is 1.68. The summed E-state index contributed by atoms with van der Waals surface area (Å²) >= 11 is 0. The quantitative estimate of drug-likeness (QED) is 0.802. The van der Waals surface area contributed by atoms with E-state index < -0.39 is 12.0 Å². The van der Waals surface area contributed by atoms with Gasteiger partial charge < -0.3 is 15.3 Å². The summed E-state index contributed by atoms with van der Waals surface area (Å²) < 4.78 is 0. The van der Waals surface area contributed by atoms with Gasteiger partial charge in [-0.3, -0.25) is 0 Å². The third-order valence-electron chi connectivity index (χ3n) is 4.43. The largest absolute Gasteiger partial charge is 0.480 e. The number of carboxylic acid groups (broad SMARTS) is 1. The SMILES string of the molecule is CCC(C)C(NC(=O)N1CC2CCC1C2)C(=O)O. The standard InChI is InChI=1S/C13H22N2O3/c1-3-8(2)11(12(16)17)14-13(18)15-7-9-4-5-10(15)6-9/h8-11H,3-7H2,1-2H3,(H,14,18)(H,16,17). The molecule has 1 saturated heterocycles. The van der Waals surface area contributed by atoms with Crippen molar-refractivity contribution < 1.29 is 14.7 Å². The fraction of sp³-hybridized carbons (Fsp3) is 0.846. The van der Waals surface area contributed by atoms with Gasteiger partial charge in [0.2, 0.25) is 0 Å². The summed E-state index contributed by atoms with van der Waals surface area (Å²) in [5.74, 6) is -0.360. The van der Waals surface area contributed by atoms with E-state index in [4.69, 9.17) is 5.11 Å². The van der Waals surface area contributed by atoms with E-state index in [1.54, 1.807) is 0 Å². The maximum Gasteiger partial charge on any atom is 0.326 e. The molecule has 4 unspecified atom stereocenters. The molecule has 1 heterocycles. The highest BCUT2D eigenvalue weighted by Gasteiger charge is 2.41. The van der Waals surface area contributed by atoms with Crippen LogP contribution in [-0.2, 0) is 4.79 Å². The molecule has 2 amide bonds. The first kappa shape index (κ1) is 13.2. The molecule has 1 aliphatic heterocycles. The molecule has 2 rings (SSSR count). The van der Waals surface area contributed by atoms with Gasteiger partial charge in [-0.15, -0.1) is 0 Å². The number of amides is 2. The summed E-state index contributed by atoms with van der Waals surface area (Å²) in [7, 11) is 0. The van der Waals surface area contributed by atoms with Crippen LogP contribution in [-0.4, -0.2) is 40.6 Å². The molecule has 5 nitrogen and oxygen atoms in total.